The predicted octanol–water partition coefficient (Wildman–Crippen LogP) is 5.31. The minimum Gasteiger partial charge on any atom is -0.393 e. The van der Waals surface area contributed by atoms with Crippen LogP contribution in [0.1, 0.15) is 105 Å². The monoisotopic (exact) mass is 418 g/mol. The molecule has 5 aliphatic carbocycles. The van der Waals surface area contributed by atoms with Gasteiger partial charge in [0.05, 0.1) is 17.8 Å². The molecule has 0 aromatic carbocycles. The lowest BCUT2D eigenvalue weighted by atomic mass is 9.36. The summed E-state index contributed by atoms with van der Waals surface area (Å²) < 4.78 is 0. The lowest BCUT2D eigenvalue weighted by Crippen LogP contribution is -2.69. The van der Waals surface area contributed by atoms with Crippen LogP contribution in [0.5, 0.6) is 0 Å². The Bertz CT molecular complexity index is 675. The summed E-state index contributed by atoms with van der Waals surface area (Å²) in [6, 6.07) is 0. The molecule has 4 unspecified atom stereocenters. The number of unbranched alkanes of at least 4 members (excludes halogenated alkanes) is 1. The van der Waals surface area contributed by atoms with Gasteiger partial charge < -0.3 is 15.3 Å². The molecule has 1 spiro atoms. The van der Waals surface area contributed by atoms with E-state index in [9.17, 15) is 15.3 Å². The maximum absolute atomic E-state index is 11.6. The van der Waals surface area contributed by atoms with Crippen LogP contribution in [0.25, 0.3) is 0 Å². The van der Waals surface area contributed by atoms with Crippen molar-refractivity contribution in [1.29, 1.82) is 0 Å². The molecule has 5 saturated carbocycles. The smallest absolute Gasteiger partial charge is 0.0686 e. The second-order valence-corrected chi connectivity index (χ2v) is 13.0. The Hall–Kier alpha value is -0.120. The molecule has 5 aliphatic rings. The predicted molar refractivity (Wildman–Crippen MR) is 120 cm³/mol. The van der Waals surface area contributed by atoms with Crippen LogP contribution >= 0.6 is 0 Å². The van der Waals surface area contributed by atoms with Crippen molar-refractivity contribution in [2.45, 2.75) is 123 Å². The first-order chi connectivity index (χ1) is 14.1. The number of hydrogen-bond acceptors (Lipinski definition) is 3. The van der Waals surface area contributed by atoms with Crippen LogP contribution in [0.15, 0.2) is 0 Å². The quantitative estimate of drug-likeness (QED) is 0.582. The van der Waals surface area contributed by atoms with Crippen LogP contribution in [0, 0.1) is 45.8 Å². The summed E-state index contributed by atoms with van der Waals surface area (Å²) in [7, 11) is 0. The van der Waals surface area contributed by atoms with E-state index >= 15 is 0 Å². The molecule has 0 amide bonds. The van der Waals surface area contributed by atoms with Crippen molar-refractivity contribution in [3.63, 3.8) is 0 Å². The van der Waals surface area contributed by atoms with Gasteiger partial charge in [-0.25, -0.2) is 0 Å². The van der Waals surface area contributed by atoms with Crippen LogP contribution in [0.3, 0.4) is 0 Å². The highest BCUT2D eigenvalue weighted by Gasteiger charge is 2.75. The van der Waals surface area contributed by atoms with E-state index in [1.165, 1.54) is 44.9 Å². The Morgan fingerprint density at radius 1 is 0.867 bits per heavy atom. The summed E-state index contributed by atoms with van der Waals surface area (Å²) >= 11 is 0. The Kier molecular flexibility index (Phi) is 5.02. The molecule has 0 aromatic heterocycles. The van der Waals surface area contributed by atoms with Gasteiger partial charge in [-0.3, -0.25) is 0 Å². The molecule has 0 heterocycles. The maximum Gasteiger partial charge on any atom is 0.0686 e. The molecule has 0 bridgehead atoms. The fraction of sp³-hybridized carbons (Fsp3) is 1.00. The molecular formula is C27H46O3. The molecule has 0 aliphatic heterocycles. The SMILES string of the molecule is CCCCC1C[C@](C)(O)[C@]12CCC1C3C[C@H](O)[C@H]4C[C@@H](O)CC[C@]4(C)C3CC[C@@]12C. The number of rotatable bonds is 3. The normalized spacial score (nSPS) is 59.9. The highest BCUT2D eigenvalue weighted by Crippen LogP contribution is 2.78. The maximum atomic E-state index is 11.6. The van der Waals surface area contributed by atoms with Gasteiger partial charge in [0.2, 0.25) is 0 Å². The van der Waals surface area contributed by atoms with E-state index in [1.54, 1.807) is 0 Å². The van der Waals surface area contributed by atoms with Gasteiger partial charge in [0.15, 0.2) is 0 Å². The zero-order valence-corrected chi connectivity index (χ0v) is 19.9. The molecule has 3 nitrogen and oxygen atoms in total. The van der Waals surface area contributed by atoms with Gasteiger partial charge in [-0.05, 0) is 112 Å². The van der Waals surface area contributed by atoms with Crippen molar-refractivity contribution in [1.82, 2.24) is 0 Å². The lowest BCUT2D eigenvalue weighted by molar-refractivity contribution is -0.273. The summed E-state index contributed by atoms with van der Waals surface area (Å²) in [5, 5.41) is 33.1. The first-order valence-corrected chi connectivity index (χ1v) is 13.2. The topological polar surface area (TPSA) is 60.7 Å². The molecule has 30 heavy (non-hydrogen) atoms. The van der Waals surface area contributed by atoms with E-state index in [2.05, 4.69) is 27.7 Å². The molecule has 172 valence electrons. The summed E-state index contributed by atoms with van der Waals surface area (Å²) in [4.78, 5) is 0. The van der Waals surface area contributed by atoms with Gasteiger partial charge in [0, 0.05) is 5.41 Å². The van der Waals surface area contributed by atoms with E-state index in [-0.39, 0.29) is 34.4 Å². The summed E-state index contributed by atoms with van der Waals surface area (Å²) in [6.45, 7) is 9.42. The Morgan fingerprint density at radius 3 is 2.30 bits per heavy atom. The third kappa shape index (κ3) is 2.55. The van der Waals surface area contributed by atoms with Crippen LogP contribution in [-0.4, -0.2) is 33.1 Å². The second kappa shape index (κ2) is 6.94. The van der Waals surface area contributed by atoms with Gasteiger partial charge in [0.25, 0.3) is 0 Å². The van der Waals surface area contributed by atoms with Crippen molar-refractivity contribution >= 4 is 0 Å². The van der Waals surface area contributed by atoms with E-state index in [4.69, 9.17) is 0 Å². The minimum absolute atomic E-state index is 0.0935. The third-order valence-corrected chi connectivity index (χ3v) is 12.1. The Labute approximate surface area is 184 Å². The number of hydrogen-bond donors (Lipinski definition) is 3. The number of fused-ring (bicyclic) bond motifs is 6. The van der Waals surface area contributed by atoms with Crippen molar-refractivity contribution in [3.05, 3.63) is 0 Å². The van der Waals surface area contributed by atoms with Crippen LogP contribution in [-0.2, 0) is 0 Å². The van der Waals surface area contributed by atoms with Gasteiger partial charge in [-0.2, -0.15) is 0 Å². The fourth-order valence-corrected chi connectivity index (χ4v) is 10.9. The minimum atomic E-state index is -0.517. The van der Waals surface area contributed by atoms with Crippen molar-refractivity contribution in [3.8, 4) is 0 Å². The molecule has 3 N–H and O–H groups in total. The van der Waals surface area contributed by atoms with Crippen molar-refractivity contribution < 1.29 is 15.3 Å². The van der Waals surface area contributed by atoms with Crippen LogP contribution < -0.4 is 0 Å². The Morgan fingerprint density at radius 2 is 1.60 bits per heavy atom. The van der Waals surface area contributed by atoms with Crippen molar-refractivity contribution in [2.24, 2.45) is 45.8 Å². The summed E-state index contributed by atoms with van der Waals surface area (Å²) in [5.41, 5.74) is -0.0273. The standard InChI is InChI=1S/C27H46O3/c1-5-6-7-17-16-26(4,30)27(17)13-10-21-19-15-23(29)22-14-18(28)8-11-24(22,2)20(19)9-12-25(21,27)3/h17-23,28-30H,5-16H2,1-4H3/t17?,18-,19?,20?,21?,22+,23-,24+,25-,26-,27+/m0/s1. The first-order valence-electron chi connectivity index (χ1n) is 13.2. The summed E-state index contributed by atoms with van der Waals surface area (Å²) in [6.07, 6.45) is 13.0. The zero-order valence-electron chi connectivity index (χ0n) is 19.9. The molecule has 0 radical (unpaired) electrons. The van der Waals surface area contributed by atoms with Crippen LogP contribution in [0.4, 0.5) is 0 Å². The van der Waals surface area contributed by atoms with Crippen molar-refractivity contribution in [2.75, 3.05) is 0 Å². The highest BCUT2D eigenvalue weighted by molar-refractivity contribution is 5.24. The third-order valence-electron chi connectivity index (χ3n) is 12.1. The summed E-state index contributed by atoms with van der Waals surface area (Å²) in [5.74, 6) is 2.88. The fourth-order valence-electron chi connectivity index (χ4n) is 10.9. The van der Waals surface area contributed by atoms with Gasteiger partial charge >= 0.3 is 0 Å². The van der Waals surface area contributed by atoms with E-state index in [0.29, 0.717) is 23.7 Å². The molecule has 0 saturated heterocycles. The molecule has 3 heteroatoms. The zero-order chi connectivity index (χ0) is 21.5. The average molecular weight is 419 g/mol. The van der Waals surface area contributed by atoms with Gasteiger partial charge in [0.1, 0.15) is 0 Å². The van der Waals surface area contributed by atoms with E-state index in [1.807, 2.05) is 0 Å². The van der Waals surface area contributed by atoms with Crippen LogP contribution in [0.2, 0.25) is 0 Å². The molecular weight excluding hydrogens is 372 g/mol. The van der Waals surface area contributed by atoms with E-state index < -0.39 is 5.60 Å². The molecule has 5 rings (SSSR count). The lowest BCUT2D eigenvalue weighted by Gasteiger charge is -2.70. The van der Waals surface area contributed by atoms with E-state index in [0.717, 1.165) is 32.1 Å². The second-order valence-electron chi connectivity index (χ2n) is 13.0. The molecule has 0 aromatic rings. The first kappa shape index (κ1) is 21.7. The largest absolute Gasteiger partial charge is 0.393 e. The molecule has 5 fully saturated rings. The van der Waals surface area contributed by atoms with Gasteiger partial charge in [-0.15, -0.1) is 0 Å². The average Bonchev–Trinajstić information content (AvgIpc) is 3.03. The molecule has 11 atom stereocenters. The highest BCUT2D eigenvalue weighted by atomic mass is 16.3. The Balaban J connectivity index is 1.47. The van der Waals surface area contributed by atoms with Gasteiger partial charge in [-0.1, -0.05) is 33.6 Å². The number of aliphatic hydroxyl groups is 3. The number of aliphatic hydroxyl groups excluding tert-OH is 2.